The zero-order valence-electron chi connectivity index (χ0n) is 13.4. The van der Waals surface area contributed by atoms with E-state index < -0.39 is 0 Å². The van der Waals surface area contributed by atoms with Crippen LogP contribution in [0.5, 0.6) is 0 Å². The SMILES string of the molecule is CC(C)(C)NC(=O)Cn1cc(CCOC(C)(C)C)nn1. The minimum Gasteiger partial charge on any atom is -0.375 e. The van der Waals surface area contributed by atoms with Gasteiger partial charge in [0, 0.05) is 18.2 Å². The highest BCUT2D eigenvalue weighted by molar-refractivity contribution is 5.76. The number of ether oxygens (including phenoxy) is 1. The fraction of sp³-hybridized carbons (Fsp3) is 0.786. The van der Waals surface area contributed by atoms with E-state index in [1.165, 1.54) is 0 Å². The molecule has 0 atom stereocenters. The maximum atomic E-state index is 11.8. The van der Waals surface area contributed by atoms with E-state index in [-0.39, 0.29) is 23.6 Å². The lowest BCUT2D eigenvalue weighted by molar-refractivity contribution is -0.123. The first-order valence-electron chi connectivity index (χ1n) is 6.89. The minimum absolute atomic E-state index is 0.0695. The summed E-state index contributed by atoms with van der Waals surface area (Å²) in [5.41, 5.74) is 0.446. The van der Waals surface area contributed by atoms with Gasteiger partial charge in [-0.05, 0) is 41.5 Å². The van der Waals surface area contributed by atoms with Gasteiger partial charge in [0.1, 0.15) is 6.54 Å². The zero-order valence-corrected chi connectivity index (χ0v) is 13.4. The van der Waals surface area contributed by atoms with Crippen molar-refractivity contribution in [3.8, 4) is 0 Å². The summed E-state index contributed by atoms with van der Waals surface area (Å²) >= 11 is 0. The van der Waals surface area contributed by atoms with Crippen LogP contribution in [-0.4, -0.2) is 38.6 Å². The van der Waals surface area contributed by atoms with Gasteiger partial charge in [0.15, 0.2) is 0 Å². The minimum atomic E-state index is -0.235. The Morgan fingerprint density at radius 1 is 1.30 bits per heavy atom. The monoisotopic (exact) mass is 282 g/mol. The molecular formula is C14H26N4O2. The fourth-order valence-electron chi connectivity index (χ4n) is 1.60. The van der Waals surface area contributed by atoms with Crippen molar-refractivity contribution in [1.29, 1.82) is 0 Å². The number of carbonyl (C=O) groups excluding carboxylic acids is 1. The van der Waals surface area contributed by atoms with Gasteiger partial charge >= 0.3 is 0 Å². The van der Waals surface area contributed by atoms with Crippen molar-refractivity contribution in [3.05, 3.63) is 11.9 Å². The van der Waals surface area contributed by atoms with Crippen molar-refractivity contribution in [2.45, 2.75) is 65.6 Å². The highest BCUT2D eigenvalue weighted by atomic mass is 16.5. The highest BCUT2D eigenvalue weighted by Crippen LogP contribution is 2.07. The van der Waals surface area contributed by atoms with Gasteiger partial charge in [0.05, 0.1) is 17.9 Å². The predicted molar refractivity (Wildman–Crippen MR) is 77.3 cm³/mol. The fourth-order valence-corrected chi connectivity index (χ4v) is 1.60. The number of aromatic nitrogens is 3. The summed E-state index contributed by atoms with van der Waals surface area (Å²) in [6.07, 6.45) is 2.48. The molecule has 0 aromatic carbocycles. The molecule has 1 aromatic rings. The van der Waals surface area contributed by atoms with E-state index in [1.54, 1.807) is 10.9 Å². The predicted octanol–water partition coefficient (Wildman–Crippen LogP) is 1.55. The maximum Gasteiger partial charge on any atom is 0.242 e. The lowest BCUT2D eigenvalue weighted by atomic mass is 10.1. The van der Waals surface area contributed by atoms with E-state index in [2.05, 4.69) is 15.6 Å². The molecular weight excluding hydrogens is 256 g/mol. The third-order valence-corrected chi connectivity index (χ3v) is 2.30. The van der Waals surface area contributed by atoms with E-state index in [0.717, 1.165) is 5.69 Å². The van der Waals surface area contributed by atoms with Crippen LogP contribution in [0.15, 0.2) is 6.20 Å². The largest absolute Gasteiger partial charge is 0.375 e. The summed E-state index contributed by atoms with van der Waals surface area (Å²) in [6, 6.07) is 0. The number of hydrogen-bond acceptors (Lipinski definition) is 4. The standard InChI is InChI=1S/C14H26N4O2/c1-13(2,3)15-12(19)10-18-9-11(16-17-18)7-8-20-14(4,5)6/h9H,7-8,10H2,1-6H3,(H,15,19). The summed E-state index contributed by atoms with van der Waals surface area (Å²) < 4.78 is 7.18. The van der Waals surface area contributed by atoms with E-state index in [1.807, 2.05) is 41.5 Å². The number of nitrogens with zero attached hydrogens (tertiary/aromatic N) is 3. The Balaban J connectivity index is 2.42. The van der Waals surface area contributed by atoms with Gasteiger partial charge in [-0.3, -0.25) is 4.79 Å². The Labute approximate surface area is 120 Å². The molecule has 0 aliphatic rings. The quantitative estimate of drug-likeness (QED) is 0.889. The summed E-state index contributed by atoms with van der Waals surface area (Å²) in [7, 11) is 0. The molecule has 1 N–H and O–H groups in total. The van der Waals surface area contributed by atoms with Gasteiger partial charge in [-0.25, -0.2) is 4.68 Å². The van der Waals surface area contributed by atoms with Crippen molar-refractivity contribution in [2.75, 3.05) is 6.61 Å². The average molecular weight is 282 g/mol. The van der Waals surface area contributed by atoms with E-state index in [4.69, 9.17) is 4.74 Å². The Bertz CT molecular complexity index is 441. The summed E-state index contributed by atoms with van der Waals surface area (Å²) in [5.74, 6) is -0.0695. The zero-order chi connectivity index (χ0) is 15.4. The molecule has 0 radical (unpaired) electrons. The maximum absolute atomic E-state index is 11.8. The van der Waals surface area contributed by atoms with Crippen molar-refractivity contribution >= 4 is 5.91 Å². The van der Waals surface area contributed by atoms with Crippen LogP contribution in [0.1, 0.15) is 47.2 Å². The lowest BCUT2D eigenvalue weighted by Gasteiger charge is -2.20. The van der Waals surface area contributed by atoms with Gasteiger partial charge in [0.2, 0.25) is 5.91 Å². The molecule has 0 saturated carbocycles. The van der Waals surface area contributed by atoms with Crippen molar-refractivity contribution in [1.82, 2.24) is 20.3 Å². The molecule has 0 aliphatic carbocycles. The van der Waals surface area contributed by atoms with Gasteiger partial charge in [-0.15, -0.1) is 5.10 Å². The van der Waals surface area contributed by atoms with Crippen molar-refractivity contribution in [3.63, 3.8) is 0 Å². The molecule has 6 nitrogen and oxygen atoms in total. The van der Waals surface area contributed by atoms with E-state index >= 15 is 0 Å². The van der Waals surface area contributed by atoms with Crippen LogP contribution in [0.2, 0.25) is 0 Å². The van der Waals surface area contributed by atoms with Crippen LogP contribution in [-0.2, 0) is 22.5 Å². The molecule has 1 amide bonds. The van der Waals surface area contributed by atoms with E-state index in [9.17, 15) is 4.79 Å². The molecule has 0 unspecified atom stereocenters. The summed E-state index contributed by atoms with van der Waals surface area (Å²) in [5, 5.41) is 10.9. The lowest BCUT2D eigenvalue weighted by Crippen LogP contribution is -2.42. The van der Waals surface area contributed by atoms with Gasteiger partial charge in [0.25, 0.3) is 0 Å². The molecule has 6 heteroatoms. The summed E-state index contributed by atoms with van der Waals surface area (Å²) in [4.78, 5) is 11.8. The highest BCUT2D eigenvalue weighted by Gasteiger charge is 2.15. The first-order valence-corrected chi connectivity index (χ1v) is 6.89. The van der Waals surface area contributed by atoms with Crippen LogP contribution >= 0.6 is 0 Å². The average Bonchev–Trinajstić information content (AvgIpc) is 2.60. The molecule has 20 heavy (non-hydrogen) atoms. The molecule has 1 rings (SSSR count). The third kappa shape index (κ3) is 7.23. The van der Waals surface area contributed by atoms with Crippen LogP contribution in [0, 0.1) is 0 Å². The molecule has 0 spiro atoms. The second kappa shape index (κ2) is 6.35. The van der Waals surface area contributed by atoms with Crippen molar-refractivity contribution < 1.29 is 9.53 Å². The first kappa shape index (κ1) is 16.6. The summed E-state index contributed by atoms with van der Waals surface area (Å²) in [6.45, 7) is 12.7. The number of nitrogens with one attached hydrogen (secondary N) is 1. The van der Waals surface area contributed by atoms with Crippen molar-refractivity contribution in [2.24, 2.45) is 0 Å². The van der Waals surface area contributed by atoms with Crippen LogP contribution in [0.3, 0.4) is 0 Å². The normalized spacial score (nSPS) is 12.5. The molecule has 0 aliphatic heterocycles. The van der Waals surface area contributed by atoms with Gasteiger partial charge < -0.3 is 10.1 Å². The molecule has 114 valence electrons. The Hall–Kier alpha value is -1.43. The number of rotatable bonds is 5. The smallest absolute Gasteiger partial charge is 0.242 e. The first-order chi connectivity index (χ1) is 9.05. The molecule has 0 fully saturated rings. The second-order valence-electron chi connectivity index (χ2n) is 6.92. The van der Waals surface area contributed by atoms with Crippen LogP contribution in [0.25, 0.3) is 0 Å². The number of amides is 1. The third-order valence-electron chi connectivity index (χ3n) is 2.30. The van der Waals surface area contributed by atoms with Crippen LogP contribution in [0.4, 0.5) is 0 Å². The number of hydrogen-bond donors (Lipinski definition) is 1. The molecule has 1 heterocycles. The topological polar surface area (TPSA) is 69.0 Å². The Morgan fingerprint density at radius 2 is 1.95 bits per heavy atom. The molecule has 0 bridgehead atoms. The molecule has 1 aromatic heterocycles. The molecule has 0 saturated heterocycles. The van der Waals surface area contributed by atoms with E-state index in [0.29, 0.717) is 13.0 Å². The van der Waals surface area contributed by atoms with Crippen LogP contribution < -0.4 is 5.32 Å². The van der Waals surface area contributed by atoms with Gasteiger partial charge in [-0.2, -0.15) is 0 Å². The Morgan fingerprint density at radius 3 is 2.50 bits per heavy atom. The number of carbonyl (C=O) groups is 1. The van der Waals surface area contributed by atoms with Gasteiger partial charge in [-0.1, -0.05) is 5.21 Å². The second-order valence-corrected chi connectivity index (χ2v) is 6.92. The Kier molecular flexibility index (Phi) is 5.28.